The Kier molecular flexibility index (Phi) is 4.65. The fraction of sp³-hybridized carbons (Fsp3) is 0.133. The van der Waals surface area contributed by atoms with Crippen LogP contribution in [0.4, 0.5) is 10.1 Å². The van der Waals surface area contributed by atoms with Crippen molar-refractivity contribution in [2.75, 3.05) is 12.8 Å². The van der Waals surface area contributed by atoms with Crippen LogP contribution in [0.25, 0.3) is 0 Å². The summed E-state index contributed by atoms with van der Waals surface area (Å²) in [6.07, 6.45) is 0. The number of ether oxygens (including phenoxy) is 2. The minimum Gasteiger partial charge on any atom is -0.497 e. The number of nitrogen functional groups attached to an aromatic ring is 1. The van der Waals surface area contributed by atoms with E-state index in [-0.39, 0.29) is 23.4 Å². The lowest BCUT2D eigenvalue weighted by atomic mass is 10.2. The van der Waals surface area contributed by atoms with Crippen molar-refractivity contribution >= 4 is 23.3 Å². The summed E-state index contributed by atoms with van der Waals surface area (Å²) in [5.41, 5.74) is 6.33. The van der Waals surface area contributed by atoms with Crippen LogP contribution < -0.4 is 10.5 Å². The van der Waals surface area contributed by atoms with Gasteiger partial charge >= 0.3 is 5.97 Å². The summed E-state index contributed by atoms with van der Waals surface area (Å²) in [7, 11) is 1.44. The molecule has 0 aromatic heterocycles. The van der Waals surface area contributed by atoms with E-state index in [1.165, 1.54) is 37.4 Å². The summed E-state index contributed by atoms with van der Waals surface area (Å²) in [4.78, 5) is 11.9. The maximum atomic E-state index is 13.7. The van der Waals surface area contributed by atoms with Gasteiger partial charge in [0.05, 0.1) is 12.7 Å². The van der Waals surface area contributed by atoms with E-state index >= 15 is 0 Å². The smallest absolute Gasteiger partial charge is 0.340 e. The van der Waals surface area contributed by atoms with Crippen LogP contribution in [0.1, 0.15) is 15.9 Å². The zero-order valence-electron chi connectivity index (χ0n) is 11.2. The van der Waals surface area contributed by atoms with Crippen LogP contribution in [0.3, 0.4) is 0 Å². The summed E-state index contributed by atoms with van der Waals surface area (Å²) in [6, 6.07) is 8.74. The molecule has 0 unspecified atom stereocenters. The zero-order valence-corrected chi connectivity index (χ0v) is 12.0. The molecule has 110 valence electrons. The summed E-state index contributed by atoms with van der Waals surface area (Å²) in [6.45, 7) is -0.198. The molecule has 0 fully saturated rings. The largest absolute Gasteiger partial charge is 0.497 e. The third kappa shape index (κ3) is 3.64. The summed E-state index contributed by atoms with van der Waals surface area (Å²) in [5.74, 6) is -0.755. The molecule has 0 spiro atoms. The summed E-state index contributed by atoms with van der Waals surface area (Å²) >= 11 is 5.75. The second kappa shape index (κ2) is 6.45. The van der Waals surface area contributed by atoms with Gasteiger partial charge in [-0.1, -0.05) is 11.6 Å². The van der Waals surface area contributed by atoms with Crippen molar-refractivity contribution in [1.29, 1.82) is 0 Å². The normalized spacial score (nSPS) is 10.2. The van der Waals surface area contributed by atoms with Crippen molar-refractivity contribution in [3.05, 3.63) is 58.4 Å². The molecule has 0 amide bonds. The maximum Gasteiger partial charge on any atom is 0.340 e. The molecule has 0 heterocycles. The van der Waals surface area contributed by atoms with Crippen molar-refractivity contribution in [3.63, 3.8) is 0 Å². The predicted octanol–water partition coefficient (Wildman–Crippen LogP) is 3.43. The van der Waals surface area contributed by atoms with Crippen molar-refractivity contribution in [1.82, 2.24) is 0 Å². The molecular weight excluding hydrogens is 297 g/mol. The van der Waals surface area contributed by atoms with Crippen LogP contribution in [0, 0.1) is 5.82 Å². The molecule has 2 aromatic rings. The molecular formula is C15H13ClFNO3. The fourth-order valence-electron chi connectivity index (χ4n) is 1.71. The molecule has 0 saturated heterocycles. The van der Waals surface area contributed by atoms with Crippen LogP contribution in [-0.2, 0) is 11.3 Å². The first-order valence-electron chi connectivity index (χ1n) is 6.06. The number of benzene rings is 2. The topological polar surface area (TPSA) is 61.5 Å². The highest BCUT2D eigenvalue weighted by atomic mass is 35.5. The number of methoxy groups -OCH3 is 1. The second-order valence-corrected chi connectivity index (χ2v) is 4.70. The Labute approximate surface area is 126 Å². The number of nitrogens with two attached hydrogens (primary N) is 1. The monoisotopic (exact) mass is 309 g/mol. The molecule has 0 aliphatic rings. The zero-order chi connectivity index (χ0) is 15.4. The average molecular weight is 310 g/mol. The lowest BCUT2D eigenvalue weighted by Gasteiger charge is -2.09. The van der Waals surface area contributed by atoms with E-state index in [4.69, 9.17) is 26.8 Å². The molecule has 0 bridgehead atoms. The van der Waals surface area contributed by atoms with Gasteiger partial charge in [-0.25, -0.2) is 9.18 Å². The molecule has 0 saturated carbocycles. The van der Waals surface area contributed by atoms with E-state index in [0.717, 1.165) is 0 Å². The Morgan fingerprint density at radius 3 is 2.67 bits per heavy atom. The molecule has 2 rings (SSSR count). The van der Waals surface area contributed by atoms with Gasteiger partial charge in [-0.05, 0) is 30.3 Å². The number of hydrogen-bond donors (Lipinski definition) is 1. The van der Waals surface area contributed by atoms with Crippen molar-refractivity contribution < 1.29 is 18.7 Å². The number of carbonyl (C=O) groups is 1. The van der Waals surface area contributed by atoms with Crippen molar-refractivity contribution in [2.45, 2.75) is 6.61 Å². The lowest BCUT2D eigenvalue weighted by Crippen LogP contribution is -2.09. The first-order valence-corrected chi connectivity index (χ1v) is 6.43. The van der Waals surface area contributed by atoms with Gasteiger partial charge in [0.15, 0.2) is 0 Å². The highest BCUT2D eigenvalue weighted by Crippen LogP contribution is 2.20. The van der Waals surface area contributed by atoms with E-state index in [2.05, 4.69) is 0 Å². The number of esters is 1. The molecule has 2 aromatic carbocycles. The van der Waals surface area contributed by atoms with Gasteiger partial charge < -0.3 is 15.2 Å². The van der Waals surface area contributed by atoms with Gasteiger partial charge in [-0.2, -0.15) is 0 Å². The first kappa shape index (κ1) is 15.1. The molecule has 2 N–H and O–H groups in total. The Bertz CT molecular complexity index is 676. The maximum absolute atomic E-state index is 13.7. The molecule has 0 atom stereocenters. The van der Waals surface area contributed by atoms with Crippen LogP contribution >= 0.6 is 11.6 Å². The number of anilines is 1. The molecule has 0 radical (unpaired) electrons. The third-order valence-corrected chi connectivity index (χ3v) is 3.09. The Hall–Kier alpha value is -2.27. The van der Waals surface area contributed by atoms with Gasteiger partial charge in [0.1, 0.15) is 18.2 Å². The number of halogens is 2. The summed E-state index contributed by atoms with van der Waals surface area (Å²) < 4.78 is 23.7. The van der Waals surface area contributed by atoms with E-state index < -0.39 is 11.8 Å². The van der Waals surface area contributed by atoms with Crippen molar-refractivity contribution in [3.8, 4) is 5.75 Å². The predicted molar refractivity (Wildman–Crippen MR) is 77.9 cm³/mol. The van der Waals surface area contributed by atoms with E-state index in [1.807, 2.05) is 0 Å². The van der Waals surface area contributed by atoms with Crippen molar-refractivity contribution in [2.24, 2.45) is 0 Å². The minimum atomic E-state index is -0.639. The van der Waals surface area contributed by atoms with E-state index in [0.29, 0.717) is 10.8 Å². The van der Waals surface area contributed by atoms with E-state index in [9.17, 15) is 9.18 Å². The Balaban J connectivity index is 2.07. The molecule has 21 heavy (non-hydrogen) atoms. The SMILES string of the molecule is COc1ccc(COC(=O)c2ccc(Cl)cc2N)c(F)c1. The molecule has 6 heteroatoms. The number of carbonyl (C=O) groups excluding carboxylic acids is 1. The van der Waals surface area contributed by atoms with Gasteiger partial charge in [-0.3, -0.25) is 0 Å². The number of rotatable bonds is 4. The Morgan fingerprint density at radius 2 is 2.05 bits per heavy atom. The minimum absolute atomic E-state index is 0.188. The number of hydrogen-bond acceptors (Lipinski definition) is 4. The van der Waals surface area contributed by atoms with Gasteiger partial charge in [0.2, 0.25) is 0 Å². The Morgan fingerprint density at radius 1 is 1.29 bits per heavy atom. The highest BCUT2D eigenvalue weighted by Gasteiger charge is 2.13. The molecule has 4 nitrogen and oxygen atoms in total. The van der Waals surface area contributed by atoms with Crippen LogP contribution in [0.5, 0.6) is 5.75 Å². The summed E-state index contributed by atoms with van der Waals surface area (Å²) in [5, 5.41) is 0.422. The second-order valence-electron chi connectivity index (χ2n) is 4.27. The molecule has 0 aliphatic carbocycles. The van der Waals surface area contributed by atoms with Crippen LogP contribution in [0.15, 0.2) is 36.4 Å². The lowest BCUT2D eigenvalue weighted by molar-refractivity contribution is 0.0470. The quantitative estimate of drug-likeness (QED) is 0.694. The average Bonchev–Trinajstić information content (AvgIpc) is 2.45. The van der Waals surface area contributed by atoms with Gasteiger partial charge in [0, 0.05) is 22.3 Å². The van der Waals surface area contributed by atoms with Crippen LogP contribution in [0.2, 0.25) is 5.02 Å². The highest BCUT2D eigenvalue weighted by molar-refractivity contribution is 6.31. The third-order valence-electron chi connectivity index (χ3n) is 2.85. The fourth-order valence-corrected chi connectivity index (χ4v) is 1.89. The first-order chi connectivity index (χ1) is 10.0. The van der Waals surface area contributed by atoms with Crippen LogP contribution in [-0.4, -0.2) is 13.1 Å². The van der Waals surface area contributed by atoms with Gasteiger partial charge in [0.25, 0.3) is 0 Å². The van der Waals surface area contributed by atoms with Gasteiger partial charge in [-0.15, -0.1) is 0 Å². The van der Waals surface area contributed by atoms with E-state index in [1.54, 1.807) is 6.07 Å². The molecule has 0 aliphatic heterocycles. The standard InChI is InChI=1S/C15H13ClFNO3/c1-20-11-4-2-9(13(17)7-11)8-21-15(19)12-5-3-10(16)6-14(12)18/h2-7H,8,18H2,1H3.